The van der Waals surface area contributed by atoms with Gasteiger partial charge in [-0.3, -0.25) is 9.59 Å². The Labute approximate surface area is 486 Å². The predicted molar refractivity (Wildman–Crippen MR) is 319 cm³/mol. The third-order valence-electron chi connectivity index (χ3n) is 15.4. The molecule has 10 aromatic rings. The maximum Gasteiger partial charge on any atom is 0.246 e. The molecule has 2 N–H and O–H groups in total. The summed E-state index contributed by atoms with van der Waals surface area (Å²) in [5, 5.41) is 23.5. The number of hydrogen-bond acceptors (Lipinski definition) is 19. The molecule has 1 saturated carbocycles. The van der Waals surface area contributed by atoms with Crippen molar-refractivity contribution in [1.29, 1.82) is 0 Å². The summed E-state index contributed by atoms with van der Waals surface area (Å²) in [7, 11) is 3.25. The number of rotatable bonds is 16. The Morgan fingerprint density at radius 1 is 0.694 bits per heavy atom. The number of allylic oxidation sites excluding steroid dienone is 2. The van der Waals surface area contributed by atoms with Crippen LogP contribution in [0.15, 0.2) is 134 Å². The fourth-order valence-electron chi connectivity index (χ4n) is 10.6. The van der Waals surface area contributed by atoms with Crippen molar-refractivity contribution >= 4 is 90.6 Å². The fraction of sp³-hybridized carbons (Fsp3) is 0.246. The molecule has 85 heavy (non-hydrogen) atoms. The van der Waals surface area contributed by atoms with E-state index < -0.39 is 5.82 Å². The number of carbonyl (C=O) groups excluding carboxylic acids is 2. The van der Waals surface area contributed by atoms with Crippen molar-refractivity contribution in [2.24, 2.45) is 7.05 Å². The van der Waals surface area contributed by atoms with Crippen LogP contribution in [0.5, 0.6) is 28.7 Å². The van der Waals surface area contributed by atoms with Crippen LogP contribution in [0.4, 0.5) is 39.0 Å². The van der Waals surface area contributed by atoms with Gasteiger partial charge >= 0.3 is 0 Å². The number of hydrogen-bond donors (Lipinski definition) is 2. The van der Waals surface area contributed by atoms with E-state index in [1.165, 1.54) is 31.4 Å². The van der Waals surface area contributed by atoms with Gasteiger partial charge in [0.05, 0.1) is 41.8 Å². The van der Waals surface area contributed by atoms with E-state index in [4.69, 9.17) is 24.2 Å². The number of fused-ring (bicyclic) bond motifs is 4. The van der Waals surface area contributed by atoms with Crippen molar-refractivity contribution in [2.45, 2.75) is 39.3 Å². The van der Waals surface area contributed by atoms with Crippen LogP contribution in [-0.2, 0) is 23.2 Å². The number of aromatic nitrogens is 12. The first-order valence-electron chi connectivity index (χ1n) is 27.7. The van der Waals surface area contributed by atoms with Crippen molar-refractivity contribution in [1.82, 2.24) is 69.7 Å². The van der Waals surface area contributed by atoms with E-state index >= 15 is 4.39 Å². The van der Waals surface area contributed by atoms with Crippen LogP contribution in [0.25, 0.3) is 44.1 Å². The van der Waals surface area contributed by atoms with Crippen LogP contribution in [0.3, 0.4) is 0 Å². The van der Waals surface area contributed by atoms with Gasteiger partial charge in [-0.25, -0.2) is 43.7 Å². The number of piperazine rings is 2. The predicted octanol–water partition coefficient (Wildman–Crippen LogP) is 9.05. The van der Waals surface area contributed by atoms with Crippen molar-refractivity contribution in [2.75, 3.05) is 73.4 Å². The van der Waals surface area contributed by atoms with Crippen molar-refractivity contribution in [3.05, 3.63) is 151 Å². The molecule has 23 nitrogen and oxygen atoms in total. The molecule has 428 valence electrons. The Kier molecular flexibility index (Phi) is 14.3. The van der Waals surface area contributed by atoms with Gasteiger partial charge in [-0.1, -0.05) is 34.7 Å². The van der Waals surface area contributed by atoms with Gasteiger partial charge in [0.15, 0.2) is 17.5 Å². The Bertz CT molecular complexity index is 4340. The first-order chi connectivity index (χ1) is 41.4. The molecule has 3 aliphatic rings. The first-order valence-corrected chi connectivity index (χ1v) is 27.7. The highest BCUT2D eigenvalue weighted by molar-refractivity contribution is 5.91. The molecule has 4 aromatic carbocycles. The van der Waals surface area contributed by atoms with Gasteiger partial charge in [0.2, 0.25) is 11.8 Å². The molecule has 0 bridgehead atoms. The Morgan fingerprint density at radius 2 is 1.35 bits per heavy atom. The second-order valence-corrected chi connectivity index (χ2v) is 20.9. The van der Waals surface area contributed by atoms with Gasteiger partial charge in [0.25, 0.3) is 0 Å². The zero-order valence-corrected chi connectivity index (χ0v) is 47.0. The van der Waals surface area contributed by atoms with Crippen molar-refractivity contribution in [3.8, 4) is 28.7 Å². The van der Waals surface area contributed by atoms with E-state index in [1.807, 2.05) is 78.6 Å². The summed E-state index contributed by atoms with van der Waals surface area (Å²) >= 11 is 0. The number of pyridine rings is 2. The van der Waals surface area contributed by atoms with Crippen LogP contribution in [0.1, 0.15) is 24.0 Å². The number of benzene rings is 4. The molecule has 24 heteroatoms. The molecule has 0 spiro atoms. The number of nitrogens with one attached hydrogen (secondary N) is 2. The molecule has 1 atom stereocenters. The summed E-state index contributed by atoms with van der Waals surface area (Å²) in [5.74, 6) is 3.74. The summed E-state index contributed by atoms with van der Waals surface area (Å²) in [6.07, 6.45) is 12.0. The van der Waals surface area contributed by atoms with Crippen LogP contribution >= 0.6 is 0 Å². The summed E-state index contributed by atoms with van der Waals surface area (Å²) in [4.78, 5) is 62.1. The number of ether oxygens (including phenoxy) is 3. The fourth-order valence-corrected chi connectivity index (χ4v) is 10.6. The lowest BCUT2D eigenvalue weighted by Gasteiger charge is -2.40. The Balaban J connectivity index is 0.614. The lowest BCUT2D eigenvalue weighted by atomic mass is 10.1. The number of carbonyl (C=O) groups is 2. The molecule has 13 rings (SSSR count). The lowest BCUT2D eigenvalue weighted by molar-refractivity contribution is -0.128. The molecule has 6 aromatic heterocycles. The smallest absolute Gasteiger partial charge is 0.246 e. The molecule has 2 amide bonds. The topological polar surface area (TPSA) is 238 Å². The normalized spacial score (nSPS) is 15.3. The largest absolute Gasteiger partial charge is 0.494 e. The summed E-state index contributed by atoms with van der Waals surface area (Å²) < 4.78 is 37.8. The third-order valence-corrected chi connectivity index (χ3v) is 15.4. The second-order valence-electron chi connectivity index (χ2n) is 20.9. The first kappa shape index (κ1) is 53.6. The number of halogens is 1. The summed E-state index contributed by atoms with van der Waals surface area (Å²) in [6, 6.07) is 26.0. The van der Waals surface area contributed by atoms with Gasteiger partial charge in [-0.2, -0.15) is 0 Å². The Morgan fingerprint density at radius 3 is 2.05 bits per heavy atom. The number of aryl methyl sites for hydroxylation is 2. The zero-order valence-electron chi connectivity index (χ0n) is 47.0. The average molecular weight is 1140 g/mol. The van der Waals surface area contributed by atoms with E-state index in [-0.39, 0.29) is 46.4 Å². The molecule has 3 fully saturated rings. The number of amides is 2. The minimum Gasteiger partial charge on any atom is -0.494 e. The summed E-state index contributed by atoms with van der Waals surface area (Å²) in [6.45, 7) is 11.5. The van der Waals surface area contributed by atoms with Crippen LogP contribution in [0.2, 0.25) is 0 Å². The molecule has 2 aliphatic heterocycles. The number of nitrogens with zero attached hydrogens (tertiary/aromatic N) is 16. The molecule has 1 aliphatic carbocycles. The minimum absolute atomic E-state index is 0.0537. The standard InChI is InChI=1S/C61H57FN18O5/c1-6-54(81)79-27-26-78(33-40(79)29-38-9-10-38)53-20-15-43-57(69-53)60(65-34-63-43)67-39-11-18-49(36(2)28-39)84-41-13-17-48-46(31-41)72-74-80(48)21-7-8-55(82)77-24-22-76(23-25-77)52-19-14-44-58(68-52)61(66-35-64-44)70-59-51(83-5)32-50(37(3)56(59)62)85-42-12-16-47-45(30-42)71-73-75(47)4/h6-8,11-20,28-32,34-35,40H,1,9-10,21-27,33H2,2-5H3,(H,63,65,67)(H,64,66,70)/b8-7+/t40-/m0/s1. The molecule has 2 saturated heterocycles. The minimum atomic E-state index is -0.585. The molecule has 8 heterocycles. The average Bonchev–Trinajstić information content (AvgIpc) is 4.32. The van der Waals surface area contributed by atoms with Gasteiger partial charge in [-0.15, -0.1) is 10.2 Å². The van der Waals surface area contributed by atoms with Gasteiger partial charge < -0.3 is 44.4 Å². The van der Waals surface area contributed by atoms with Gasteiger partial charge in [-0.05, 0) is 105 Å². The maximum atomic E-state index is 16.3. The maximum absolute atomic E-state index is 16.3. The molecular formula is C61H57FN18O5. The number of anilines is 6. The quantitative estimate of drug-likeness (QED) is 0.0677. The number of methoxy groups -OCH3 is 1. The third kappa shape index (κ3) is 11.0. The van der Waals surface area contributed by atoms with Gasteiger partial charge in [0.1, 0.15) is 80.8 Å². The van der Waals surface area contributed by atoms with Crippen molar-refractivity contribution < 1.29 is 28.2 Å². The van der Waals surface area contributed by atoms with Crippen LogP contribution < -0.4 is 34.6 Å². The second kappa shape index (κ2) is 22.6. The highest BCUT2D eigenvalue weighted by Gasteiger charge is 2.31. The van der Waals surface area contributed by atoms with E-state index in [9.17, 15) is 9.59 Å². The monoisotopic (exact) mass is 1140 g/mol. The highest BCUT2D eigenvalue weighted by Crippen LogP contribution is 2.41. The van der Waals surface area contributed by atoms with Crippen LogP contribution in [-0.4, -0.2) is 140 Å². The van der Waals surface area contributed by atoms with Gasteiger partial charge in [0, 0.05) is 88.4 Å². The van der Waals surface area contributed by atoms with Crippen molar-refractivity contribution in [3.63, 3.8) is 0 Å². The SMILES string of the molecule is C=CC(=O)N1CCN(c2ccc3ncnc(Nc4ccc(Oc5ccc6c(c5)nnn6C/C=C/C(=O)N5CCN(c6ccc7ncnc(Nc8c(OC)cc(Oc9ccc%10c(c9)nnn%10C)c(C)c8F)c7n6)CC5)c(C)c4)c3n2)C[C@@H]1C=C1CC1. The van der Waals surface area contributed by atoms with E-state index in [1.54, 1.807) is 58.6 Å². The zero-order chi connectivity index (χ0) is 58.3. The lowest BCUT2D eigenvalue weighted by Crippen LogP contribution is -2.54. The van der Waals surface area contributed by atoms with E-state index in [0.29, 0.717) is 114 Å². The van der Waals surface area contributed by atoms with E-state index in [2.05, 4.69) is 73.6 Å². The molecule has 0 unspecified atom stereocenters. The highest BCUT2D eigenvalue weighted by atomic mass is 19.1. The van der Waals surface area contributed by atoms with Crippen LogP contribution in [0, 0.1) is 19.7 Å². The van der Waals surface area contributed by atoms with E-state index in [0.717, 1.165) is 40.9 Å². The Hall–Kier alpha value is -10.7. The molecule has 0 radical (unpaired) electrons. The summed E-state index contributed by atoms with van der Waals surface area (Å²) in [5.41, 5.74) is 8.61. The molecular weight excluding hydrogens is 1080 g/mol.